The van der Waals surface area contributed by atoms with Gasteiger partial charge in [0.25, 0.3) is 5.91 Å². The van der Waals surface area contributed by atoms with Crippen LogP contribution >= 0.6 is 0 Å². The van der Waals surface area contributed by atoms with Gasteiger partial charge in [0.15, 0.2) is 5.82 Å². The lowest BCUT2D eigenvalue weighted by Gasteiger charge is -2.22. The summed E-state index contributed by atoms with van der Waals surface area (Å²) in [5.41, 5.74) is 5.29. The van der Waals surface area contributed by atoms with E-state index in [0.717, 1.165) is 47.9 Å². The number of carbonyl (C=O) groups is 2. The second-order valence-electron chi connectivity index (χ2n) is 9.29. The normalized spacial score (nSPS) is 14.1. The van der Waals surface area contributed by atoms with E-state index in [4.69, 9.17) is 0 Å². The second-order valence-corrected chi connectivity index (χ2v) is 9.29. The summed E-state index contributed by atoms with van der Waals surface area (Å²) < 4.78 is 1.42. The summed E-state index contributed by atoms with van der Waals surface area (Å²) >= 11 is 0. The van der Waals surface area contributed by atoms with Gasteiger partial charge in [-0.25, -0.2) is 9.67 Å². The molecule has 2 aromatic carbocycles. The molecule has 34 heavy (non-hydrogen) atoms. The van der Waals surface area contributed by atoms with Crippen molar-refractivity contribution >= 4 is 11.8 Å². The first kappa shape index (κ1) is 23.7. The molecule has 3 aromatic rings. The summed E-state index contributed by atoms with van der Waals surface area (Å²) in [5, 5.41) is 10.6. The predicted molar refractivity (Wildman–Crippen MR) is 132 cm³/mol. The second kappa shape index (κ2) is 10.6. The van der Waals surface area contributed by atoms with Crippen LogP contribution in [0.5, 0.6) is 0 Å². The average Bonchev–Trinajstić information content (AvgIpc) is 3.24. The molecule has 0 atom stereocenters. The summed E-state index contributed by atoms with van der Waals surface area (Å²) in [4.78, 5) is 30.4. The van der Waals surface area contributed by atoms with Crippen molar-refractivity contribution in [3.8, 4) is 11.4 Å². The molecule has 1 fully saturated rings. The number of hydrogen-bond acceptors (Lipinski definition) is 4. The number of aryl methyl sites for hydroxylation is 3. The first-order valence-electron chi connectivity index (χ1n) is 12.0. The number of benzene rings is 2. The molecule has 2 N–H and O–H groups in total. The van der Waals surface area contributed by atoms with Crippen molar-refractivity contribution in [1.82, 2.24) is 25.4 Å². The first-order chi connectivity index (χ1) is 16.4. The predicted octanol–water partition coefficient (Wildman–Crippen LogP) is 4.25. The number of amides is 2. The van der Waals surface area contributed by atoms with E-state index < -0.39 is 0 Å². The van der Waals surface area contributed by atoms with Gasteiger partial charge in [0.1, 0.15) is 6.54 Å². The highest BCUT2D eigenvalue weighted by atomic mass is 16.2. The van der Waals surface area contributed by atoms with Crippen LogP contribution in [0.2, 0.25) is 0 Å². The monoisotopic (exact) mass is 459 g/mol. The number of carbonyl (C=O) groups excluding carboxylic acids is 2. The molecule has 0 spiro atoms. The van der Waals surface area contributed by atoms with Crippen molar-refractivity contribution in [3.63, 3.8) is 0 Å². The third-order valence-corrected chi connectivity index (χ3v) is 6.45. The number of aromatic nitrogens is 3. The summed E-state index contributed by atoms with van der Waals surface area (Å²) in [6.07, 6.45) is 5.39. The molecule has 7 heteroatoms. The van der Waals surface area contributed by atoms with Gasteiger partial charge in [-0.05, 0) is 56.4 Å². The Morgan fingerprint density at radius 2 is 1.79 bits per heavy atom. The minimum absolute atomic E-state index is 0.0723. The van der Waals surface area contributed by atoms with Crippen LogP contribution in [-0.2, 0) is 17.9 Å². The highest BCUT2D eigenvalue weighted by Crippen LogP contribution is 2.21. The number of hydrogen-bond donors (Lipinski definition) is 2. The third-order valence-electron chi connectivity index (χ3n) is 6.45. The Morgan fingerprint density at radius 3 is 2.53 bits per heavy atom. The average molecular weight is 460 g/mol. The van der Waals surface area contributed by atoms with Crippen molar-refractivity contribution < 1.29 is 9.59 Å². The molecule has 1 aliphatic rings. The lowest BCUT2D eigenvalue weighted by Crippen LogP contribution is -2.38. The topological polar surface area (TPSA) is 88.9 Å². The Balaban J connectivity index is 1.54. The van der Waals surface area contributed by atoms with E-state index in [0.29, 0.717) is 12.4 Å². The smallest absolute Gasteiger partial charge is 0.289 e. The van der Waals surface area contributed by atoms with Gasteiger partial charge in [-0.1, -0.05) is 61.2 Å². The maximum Gasteiger partial charge on any atom is 0.289 e. The lowest BCUT2D eigenvalue weighted by molar-refractivity contribution is -0.122. The molecule has 7 nitrogen and oxygen atoms in total. The SMILES string of the molecule is Cc1cccc(CNC(=O)Cn2nc(-c3ccc(C)c(C)c3)nc2C(=O)NC2CCCCC2)c1. The number of nitrogens with one attached hydrogen (secondary N) is 2. The molecule has 4 rings (SSSR count). The van der Waals surface area contributed by atoms with E-state index in [-0.39, 0.29) is 30.2 Å². The van der Waals surface area contributed by atoms with Crippen molar-refractivity contribution in [2.24, 2.45) is 0 Å². The van der Waals surface area contributed by atoms with Crippen molar-refractivity contribution in [3.05, 3.63) is 70.5 Å². The maximum atomic E-state index is 13.1. The van der Waals surface area contributed by atoms with Gasteiger partial charge < -0.3 is 10.6 Å². The Hall–Kier alpha value is -3.48. The summed E-state index contributed by atoms with van der Waals surface area (Å²) in [6, 6.07) is 14.1. The highest BCUT2D eigenvalue weighted by molar-refractivity contribution is 5.92. The van der Waals surface area contributed by atoms with Crippen LogP contribution in [-0.4, -0.2) is 32.6 Å². The zero-order valence-electron chi connectivity index (χ0n) is 20.2. The summed E-state index contributed by atoms with van der Waals surface area (Å²) in [7, 11) is 0. The van der Waals surface area contributed by atoms with E-state index >= 15 is 0 Å². The van der Waals surface area contributed by atoms with Crippen LogP contribution in [0, 0.1) is 20.8 Å². The molecule has 1 aliphatic carbocycles. The van der Waals surface area contributed by atoms with E-state index in [2.05, 4.69) is 20.7 Å². The molecule has 1 saturated carbocycles. The molecule has 1 aromatic heterocycles. The molecule has 0 bridgehead atoms. The molecule has 0 radical (unpaired) electrons. The van der Waals surface area contributed by atoms with Gasteiger partial charge in [-0.3, -0.25) is 9.59 Å². The van der Waals surface area contributed by atoms with Gasteiger partial charge in [-0.15, -0.1) is 5.10 Å². The number of rotatable bonds is 7. The van der Waals surface area contributed by atoms with Crippen LogP contribution < -0.4 is 10.6 Å². The molecule has 0 aliphatic heterocycles. The highest BCUT2D eigenvalue weighted by Gasteiger charge is 2.23. The molecule has 0 unspecified atom stereocenters. The van der Waals surface area contributed by atoms with E-state index in [1.165, 1.54) is 16.7 Å². The van der Waals surface area contributed by atoms with Gasteiger partial charge in [0.2, 0.25) is 11.7 Å². The van der Waals surface area contributed by atoms with Gasteiger partial charge in [0, 0.05) is 18.2 Å². The fraction of sp³-hybridized carbons (Fsp3) is 0.407. The van der Waals surface area contributed by atoms with Crippen molar-refractivity contribution in [1.29, 1.82) is 0 Å². The minimum Gasteiger partial charge on any atom is -0.350 e. The van der Waals surface area contributed by atoms with Crippen LogP contribution in [0.25, 0.3) is 11.4 Å². The van der Waals surface area contributed by atoms with Gasteiger partial charge in [-0.2, -0.15) is 0 Å². The zero-order valence-corrected chi connectivity index (χ0v) is 20.2. The standard InChI is InChI=1S/C27H33N5O2/c1-18-8-7-9-21(14-18)16-28-24(33)17-32-26(27(34)29-23-10-5-4-6-11-23)30-25(31-32)22-13-12-19(2)20(3)15-22/h7-9,12-15,23H,4-6,10-11,16-17H2,1-3H3,(H,28,33)(H,29,34). The largest absolute Gasteiger partial charge is 0.350 e. The molecule has 2 amide bonds. The van der Waals surface area contributed by atoms with Crippen molar-refractivity contribution in [2.45, 2.75) is 72.0 Å². The van der Waals surface area contributed by atoms with Crippen LogP contribution in [0.1, 0.15) is 65.0 Å². The molecular formula is C27H33N5O2. The van der Waals surface area contributed by atoms with Gasteiger partial charge in [0.05, 0.1) is 0 Å². The number of nitrogens with zero attached hydrogens (tertiary/aromatic N) is 3. The Labute approximate surface area is 201 Å². The zero-order chi connectivity index (χ0) is 24.1. The minimum atomic E-state index is -0.277. The van der Waals surface area contributed by atoms with E-state index in [1.54, 1.807) is 0 Å². The van der Waals surface area contributed by atoms with Crippen LogP contribution in [0.15, 0.2) is 42.5 Å². The van der Waals surface area contributed by atoms with Gasteiger partial charge >= 0.3 is 0 Å². The molecule has 178 valence electrons. The molecule has 1 heterocycles. The third kappa shape index (κ3) is 5.90. The van der Waals surface area contributed by atoms with Crippen LogP contribution in [0.3, 0.4) is 0 Å². The Bertz CT molecular complexity index is 1180. The maximum absolute atomic E-state index is 13.1. The quantitative estimate of drug-likeness (QED) is 0.553. The van der Waals surface area contributed by atoms with E-state index in [9.17, 15) is 9.59 Å². The lowest BCUT2D eigenvalue weighted by atomic mass is 9.95. The van der Waals surface area contributed by atoms with Crippen LogP contribution in [0.4, 0.5) is 0 Å². The Morgan fingerprint density at radius 1 is 1.00 bits per heavy atom. The fourth-order valence-corrected chi connectivity index (χ4v) is 4.33. The first-order valence-corrected chi connectivity index (χ1v) is 12.0. The Kier molecular flexibility index (Phi) is 7.40. The van der Waals surface area contributed by atoms with E-state index in [1.807, 2.05) is 63.2 Å². The van der Waals surface area contributed by atoms with Crippen molar-refractivity contribution in [2.75, 3.05) is 0 Å². The molecular weight excluding hydrogens is 426 g/mol. The summed E-state index contributed by atoms with van der Waals surface area (Å²) in [5.74, 6) is 0.124. The summed E-state index contributed by atoms with van der Waals surface area (Å²) in [6.45, 7) is 6.45. The fourth-order valence-electron chi connectivity index (χ4n) is 4.33. The molecule has 0 saturated heterocycles.